The average molecular weight is 395 g/mol. The highest BCUT2D eigenvalue weighted by Gasteiger charge is 2.29. The van der Waals surface area contributed by atoms with Crippen LogP contribution in [0.5, 0.6) is 0 Å². The molecular weight excluding hydrogens is 364 g/mol. The molecule has 1 aromatic heterocycles. The van der Waals surface area contributed by atoms with Gasteiger partial charge in [0.2, 0.25) is 0 Å². The normalized spacial score (nSPS) is 11.9. The van der Waals surface area contributed by atoms with Crippen molar-refractivity contribution in [1.29, 1.82) is 0 Å². The van der Waals surface area contributed by atoms with Gasteiger partial charge in [0.05, 0.1) is 24.4 Å². The zero-order valence-electron chi connectivity index (χ0n) is 17.7. The van der Waals surface area contributed by atoms with Crippen molar-refractivity contribution in [3.05, 3.63) is 65.9 Å². The first-order valence-corrected chi connectivity index (χ1v) is 9.92. The first-order chi connectivity index (χ1) is 13.9. The Labute approximate surface area is 172 Å². The van der Waals surface area contributed by atoms with Gasteiger partial charge in [0, 0.05) is 18.5 Å². The minimum atomic E-state index is -0.934. The van der Waals surface area contributed by atoms with Gasteiger partial charge in [-0.15, -0.1) is 0 Å². The van der Waals surface area contributed by atoms with Gasteiger partial charge in [-0.1, -0.05) is 48.5 Å². The van der Waals surface area contributed by atoms with Crippen LogP contribution in [0.2, 0.25) is 0 Å². The van der Waals surface area contributed by atoms with Gasteiger partial charge in [-0.05, 0) is 39.6 Å². The summed E-state index contributed by atoms with van der Waals surface area (Å²) in [4.78, 5) is 14.5. The number of ether oxygens (including phenoxy) is 1. The van der Waals surface area contributed by atoms with Crippen LogP contribution in [-0.2, 0) is 22.7 Å². The van der Waals surface area contributed by atoms with E-state index >= 15 is 0 Å². The zero-order valence-corrected chi connectivity index (χ0v) is 17.7. The molecule has 0 aliphatic carbocycles. The Morgan fingerprint density at radius 1 is 1.10 bits per heavy atom. The number of fused-ring (bicyclic) bond motifs is 1. The van der Waals surface area contributed by atoms with E-state index in [0.717, 1.165) is 23.1 Å². The Morgan fingerprint density at radius 2 is 1.79 bits per heavy atom. The molecule has 0 fully saturated rings. The largest absolute Gasteiger partial charge is 0.359 e. The third kappa shape index (κ3) is 5.43. The Bertz CT molecular complexity index is 948. The zero-order chi connectivity index (χ0) is 20.9. The summed E-state index contributed by atoms with van der Waals surface area (Å²) < 4.78 is 8.00. The summed E-state index contributed by atoms with van der Waals surface area (Å²) in [6.45, 7) is 5.93. The third-order valence-electron chi connectivity index (χ3n) is 4.87. The molecular formula is C23H30N4O2. The van der Waals surface area contributed by atoms with Gasteiger partial charge in [-0.25, -0.2) is 0 Å². The second kappa shape index (κ2) is 9.20. The number of para-hydroxylation sites is 1. The van der Waals surface area contributed by atoms with Crippen molar-refractivity contribution in [2.45, 2.75) is 32.6 Å². The van der Waals surface area contributed by atoms with Crippen molar-refractivity contribution in [1.82, 2.24) is 20.0 Å². The van der Waals surface area contributed by atoms with Crippen LogP contribution >= 0.6 is 0 Å². The summed E-state index contributed by atoms with van der Waals surface area (Å²) in [5.74, 6) is -0.118. The molecule has 0 saturated heterocycles. The second-order valence-electron chi connectivity index (χ2n) is 7.97. The fourth-order valence-corrected chi connectivity index (χ4v) is 3.10. The highest BCUT2D eigenvalue weighted by molar-refractivity contribution is 5.84. The van der Waals surface area contributed by atoms with E-state index in [-0.39, 0.29) is 12.5 Å². The molecule has 0 spiro atoms. The van der Waals surface area contributed by atoms with Crippen molar-refractivity contribution < 1.29 is 9.53 Å². The Balaban J connectivity index is 1.72. The summed E-state index contributed by atoms with van der Waals surface area (Å²) in [6, 6.07) is 18.4. The Hall–Kier alpha value is -2.70. The van der Waals surface area contributed by atoms with E-state index < -0.39 is 5.60 Å². The molecule has 154 valence electrons. The minimum Gasteiger partial charge on any atom is -0.359 e. The molecule has 29 heavy (non-hydrogen) atoms. The molecule has 0 atom stereocenters. The molecule has 2 aromatic carbocycles. The SMILES string of the molecule is CN(C)CCNC(=O)C(C)(C)OCc1nn(Cc2ccccc2)c2ccccc12. The van der Waals surface area contributed by atoms with E-state index in [4.69, 9.17) is 9.84 Å². The number of hydrogen-bond acceptors (Lipinski definition) is 4. The number of nitrogens with one attached hydrogen (secondary N) is 1. The highest BCUT2D eigenvalue weighted by Crippen LogP contribution is 2.22. The summed E-state index contributed by atoms with van der Waals surface area (Å²) in [6.07, 6.45) is 0. The quantitative estimate of drug-likeness (QED) is 0.606. The maximum atomic E-state index is 12.5. The molecule has 0 aliphatic heterocycles. The number of rotatable bonds is 9. The Morgan fingerprint density at radius 3 is 2.52 bits per heavy atom. The number of likely N-dealkylation sites (N-methyl/N-ethyl adjacent to an activating group) is 1. The van der Waals surface area contributed by atoms with Gasteiger partial charge in [-0.2, -0.15) is 5.10 Å². The molecule has 6 nitrogen and oxygen atoms in total. The number of nitrogens with zero attached hydrogens (tertiary/aromatic N) is 3. The molecule has 3 rings (SSSR count). The molecule has 0 saturated carbocycles. The molecule has 0 radical (unpaired) electrons. The first kappa shape index (κ1) is 21.0. The van der Waals surface area contributed by atoms with Crippen LogP contribution in [-0.4, -0.2) is 53.4 Å². The lowest BCUT2D eigenvalue weighted by atomic mass is 10.1. The standard InChI is InChI=1S/C23H30N4O2/c1-23(2,22(28)24-14-15-26(3)4)29-17-20-19-12-8-9-13-21(19)27(25-20)16-18-10-6-5-7-11-18/h5-13H,14-17H2,1-4H3,(H,24,28). The summed E-state index contributed by atoms with van der Waals surface area (Å²) in [7, 11) is 3.95. The number of carbonyl (C=O) groups excluding carboxylic acids is 1. The highest BCUT2D eigenvalue weighted by atomic mass is 16.5. The van der Waals surface area contributed by atoms with E-state index in [2.05, 4.69) is 23.5 Å². The van der Waals surface area contributed by atoms with E-state index in [0.29, 0.717) is 13.1 Å². The van der Waals surface area contributed by atoms with Crippen molar-refractivity contribution in [2.24, 2.45) is 0 Å². The molecule has 0 unspecified atom stereocenters. The monoisotopic (exact) mass is 394 g/mol. The van der Waals surface area contributed by atoms with Crippen molar-refractivity contribution in [2.75, 3.05) is 27.2 Å². The molecule has 1 heterocycles. The van der Waals surface area contributed by atoms with Crippen LogP contribution in [0.4, 0.5) is 0 Å². The number of amides is 1. The van der Waals surface area contributed by atoms with Gasteiger partial charge in [0.15, 0.2) is 0 Å². The lowest BCUT2D eigenvalue weighted by Gasteiger charge is -2.24. The molecule has 0 aliphatic rings. The molecule has 1 amide bonds. The van der Waals surface area contributed by atoms with Gasteiger partial charge >= 0.3 is 0 Å². The van der Waals surface area contributed by atoms with Gasteiger partial charge < -0.3 is 15.0 Å². The van der Waals surface area contributed by atoms with Crippen LogP contribution < -0.4 is 5.32 Å². The van der Waals surface area contributed by atoms with Crippen LogP contribution in [0.1, 0.15) is 25.1 Å². The fraction of sp³-hybridized carbons (Fsp3) is 0.391. The van der Waals surface area contributed by atoms with Crippen molar-refractivity contribution in [3.63, 3.8) is 0 Å². The fourth-order valence-electron chi connectivity index (χ4n) is 3.10. The van der Waals surface area contributed by atoms with E-state index in [1.165, 1.54) is 5.56 Å². The van der Waals surface area contributed by atoms with Crippen molar-refractivity contribution >= 4 is 16.8 Å². The van der Waals surface area contributed by atoms with Gasteiger partial charge in [0.25, 0.3) is 5.91 Å². The van der Waals surface area contributed by atoms with Crippen molar-refractivity contribution in [3.8, 4) is 0 Å². The molecule has 3 aromatic rings. The smallest absolute Gasteiger partial charge is 0.251 e. The van der Waals surface area contributed by atoms with Crippen LogP contribution in [0.3, 0.4) is 0 Å². The van der Waals surface area contributed by atoms with E-state index in [1.807, 2.05) is 60.1 Å². The lowest BCUT2D eigenvalue weighted by Crippen LogP contribution is -2.46. The minimum absolute atomic E-state index is 0.118. The molecule has 1 N–H and O–H groups in total. The number of carbonyl (C=O) groups is 1. The number of hydrogen-bond donors (Lipinski definition) is 1. The maximum absolute atomic E-state index is 12.5. The lowest BCUT2D eigenvalue weighted by molar-refractivity contribution is -0.144. The van der Waals surface area contributed by atoms with Crippen LogP contribution in [0.15, 0.2) is 54.6 Å². The first-order valence-electron chi connectivity index (χ1n) is 9.92. The third-order valence-corrected chi connectivity index (χ3v) is 4.87. The summed E-state index contributed by atoms with van der Waals surface area (Å²) in [5, 5.41) is 8.77. The van der Waals surface area contributed by atoms with E-state index in [1.54, 1.807) is 13.8 Å². The Kier molecular flexibility index (Phi) is 6.67. The molecule has 6 heteroatoms. The topological polar surface area (TPSA) is 59.4 Å². The van der Waals surface area contributed by atoms with Gasteiger partial charge in [-0.3, -0.25) is 9.48 Å². The number of benzene rings is 2. The molecule has 0 bridgehead atoms. The second-order valence-corrected chi connectivity index (χ2v) is 7.97. The van der Waals surface area contributed by atoms with Crippen LogP contribution in [0, 0.1) is 0 Å². The van der Waals surface area contributed by atoms with Crippen LogP contribution in [0.25, 0.3) is 10.9 Å². The maximum Gasteiger partial charge on any atom is 0.251 e. The summed E-state index contributed by atoms with van der Waals surface area (Å²) in [5.41, 5.74) is 2.15. The summed E-state index contributed by atoms with van der Waals surface area (Å²) >= 11 is 0. The van der Waals surface area contributed by atoms with Gasteiger partial charge in [0.1, 0.15) is 5.60 Å². The number of aromatic nitrogens is 2. The predicted octanol–water partition coefficient (Wildman–Crippen LogP) is 3.06. The predicted molar refractivity (Wildman–Crippen MR) is 116 cm³/mol. The average Bonchev–Trinajstić information content (AvgIpc) is 3.05. The van der Waals surface area contributed by atoms with E-state index in [9.17, 15) is 4.79 Å².